The van der Waals surface area contributed by atoms with Crippen LogP contribution < -0.4 is 9.47 Å². The number of carbonyl (C=O) groups is 2. The molecule has 2 amide bonds. The van der Waals surface area contributed by atoms with Gasteiger partial charge in [0.15, 0.2) is 11.5 Å². The van der Waals surface area contributed by atoms with E-state index < -0.39 is 0 Å². The molecule has 10 nitrogen and oxygen atoms in total. The number of fused-ring (bicyclic) bond motifs is 1. The number of carbonyl (C=O) groups excluding carboxylic acids is 2. The zero-order chi connectivity index (χ0) is 24.6. The lowest BCUT2D eigenvalue weighted by Gasteiger charge is -2.35. The molecule has 1 aromatic carbocycles. The van der Waals surface area contributed by atoms with Crippen molar-refractivity contribution in [1.29, 1.82) is 0 Å². The van der Waals surface area contributed by atoms with E-state index in [0.717, 1.165) is 36.8 Å². The molecular formula is C25H33N5O5. The summed E-state index contributed by atoms with van der Waals surface area (Å²) < 4.78 is 16.0. The molecule has 1 saturated heterocycles. The predicted molar refractivity (Wildman–Crippen MR) is 128 cm³/mol. The van der Waals surface area contributed by atoms with Crippen LogP contribution in [0.15, 0.2) is 30.6 Å². The van der Waals surface area contributed by atoms with Crippen LogP contribution in [-0.2, 0) is 16.1 Å². The van der Waals surface area contributed by atoms with Gasteiger partial charge in [0, 0.05) is 72.1 Å². The highest BCUT2D eigenvalue weighted by Gasteiger charge is 2.24. The molecule has 0 aliphatic carbocycles. The minimum Gasteiger partial charge on any atom is -0.454 e. The number of methoxy groups -OCH3 is 1. The van der Waals surface area contributed by atoms with Gasteiger partial charge in [0.1, 0.15) is 5.69 Å². The number of aromatic nitrogens is 2. The van der Waals surface area contributed by atoms with E-state index in [-0.39, 0.29) is 30.7 Å². The van der Waals surface area contributed by atoms with Gasteiger partial charge < -0.3 is 24.0 Å². The third kappa shape index (κ3) is 6.67. The van der Waals surface area contributed by atoms with Gasteiger partial charge >= 0.3 is 0 Å². The van der Waals surface area contributed by atoms with Crippen molar-refractivity contribution in [3.8, 4) is 11.5 Å². The van der Waals surface area contributed by atoms with Crippen LogP contribution in [-0.4, -0.2) is 96.3 Å². The number of nitrogens with zero attached hydrogens (tertiary/aromatic N) is 5. The zero-order valence-electron chi connectivity index (χ0n) is 20.4. The van der Waals surface area contributed by atoms with E-state index in [4.69, 9.17) is 14.2 Å². The SMILES string of the molecule is COCCCN(CCC(=O)N1CCN(Cc2ccc3c(c2)OCO3)CC1)C(=O)c1cnc(C)cn1. The first-order valence-electron chi connectivity index (χ1n) is 12.0. The molecule has 10 heteroatoms. The molecule has 1 fully saturated rings. The highest BCUT2D eigenvalue weighted by Crippen LogP contribution is 2.32. The maximum absolute atomic E-state index is 13.0. The van der Waals surface area contributed by atoms with E-state index in [9.17, 15) is 9.59 Å². The fraction of sp³-hybridized carbons (Fsp3) is 0.520. The van der Waals surface area contributed by atoms with Gasteiger partial charge in [0.2, 0.25) is 12.7 Å². The Balaban J connectivity index is 1.26. The monoisotopic (exact) mass is 483 g/mol. The van der Waals surface area contributed by atoms with E-state index in [0.29, 0.717) is 39.2 Å². The lowest BCUT2D eigenvalue weighted by molar-refractivity contribution is -0.133. The summed E-state index contributed by atoms with van der Waals surface area (Å²) in [5.74, 6) is 1.42. The van der Waals surface area contributed by atoms with Crippen molar-refractivity contribution in [2.75, 3.05) is 59.8 Å². The minimum atomic E-state index is -0.213. The fourth-order valence-corrected chi connectivity index (χ4v) is 4.22. The third-order valence-corrected chi connectivity index (χ3v) is 6.23. The molecule has 0 N–H and O–H groups in total. The van der Waals surface area contributed by atoms with E-state index in [1.807, 2.05) is 24.0 Å². The van der Waals surface area contributed by atoms with Crippen LogP contribution in [0, 0.1) is 6.92 Å². The minimum absolute atomic E-state index is 0.0623. The fourth-order valence-electron chi connectivity index (χ4n) is 4.22. The number of benzene rings is 1. The first-order valence-corrected chi connectivity index (χ1v) is 12.0. The van der Waals surface area contributed by atoms with Crippen LogP contribution in [0.25, 0.3) is 0 Å². The lowest BCUT2D eigenvalue weighted by Crippen LogP contribution is -2.49. The third-order valence-electron chi connectivity index (χ3n) is 6.23. The highest BCUT2D eigenvalue weighted by molar-refractivity contribution is 5.92. The van der Waals surface area contributed by atoms with Crippen molar-refractivity contribution in [3.05, 3.63) is 47.5 Å². The Labute approximate surface area is 205 Å². The Morgan fingerprint density at radius 2 is 1.86 bits per heavy atom. The summed E-state index contributed by atoms with van der Waals surface area (Å²) >= 11 is 0. The number of piperazine rings is 1. The molecule has 0 saturated carbocycles. The molecule has 4 rings (SSSR count). The van der Waals surface area contributed by atoms with Gasteiger partial charge in [-0.2, -0.15) is 0 Å². The summed E-state index contributed by atoms with van der Waals surface area (Å²) in [6.45, 7) is 7.23. The number of aryl methyl sites for hydroxylation is 1. The predicted octanol–water partition coefficient (Wildman–Crippen LogP) is 1.73. The molecule has 2 aromatic rings. The van der Waals surface area contributed by atoms with E-state index in [2.05, 4.69) is 20.9 Å². The number of hydrogen-bond acceptors (Lipinski definition) is 8. The van der Waals surface area contributed by atoms with Gasteiger partial charge in [-0.3, -0.25) is 19.5 Å². The number of ether oxygens (including phenoxy) is 3. The van der Waals surface area contributed by atoms with Crippen molar-refractivity contribution < 1.29 is 23.8 Å². The van der Waals surface area contributed by atoms with Crippen LogP contribution in [0.5, 0.6) is 11.5 Å². The second-order valence-electron chi connectivity index (χ2n) is 8.78. The topological polar surface area (TPSA) is 97.3 Å². The smallest absolute Gasteiger partial charge is 0.274 e. The zero-order valence-corrected chi connectivity index (χ0v) is 20.4. The lowest BCUT2D eigenvalue weighted by atomic mass is 10.1. The van der Waals surface area contributed by atoms with Crippen LogP contribution in [0.3, 0.4) is 0 Å². The maximum Gasteiger partial charge on any atom is 0.274 e. The Kier molecular flexibility index (Phi) is 8.49. The Hall–Kier alpha value is -3.24. The first-order chi connectivity index (χ1) is 17.0. The summed E-state index contributed by atoms with van der Waals surface area (Å²) in [6.07, 6.45) is 4.03. The van der Waals surface area contributed by atoms with Crippen LogP contribution in [0.2, 0.25) is 0 Å². The standard InChI is InChI=1S/C25H33N5O5/c1-19-15-27-21(16-26-19)25(32)30(7-3-13-33-2)8-6-24(31)29-11-9-28(10-12-29)17-20-4-5-22-23(14-20)35-18-34-22/h4-5,14-16H,3,6-13,17-18H2,1-2H3. The van der Waals surface area contributed by atoms with E-state index >= 15 is 0 Å². The molecule has 188 valence electrons. The average Bonchev–Trinajstić information content (AvgIpc) is 3.34. The van der Waals surface area contributed by atoms with Gasteiger partial charge in [-0.05, 0) is 31.0 Å². The quantitative estimate of drug-likeness (QED) is 0.472. The van der Waals surface area contributed by atoms with Gasteiger partial charge in [-0.15, -0.1) is 0 Å². The summed E-state index contributed by atoms with van der Waals surface area (Å²) in [6, 6.07) is 6.02. The Morgan fingerprint density at radius 3 is 2.60 bits per heavy atom. The van der Waals surface area contributed by atoms with Crippen molar-refractivity contribution in [1.82, 2.24) is 24.7 Å². The van der Waals surface area contributed by atoms with Gasteiger partial charge in [-0.1, -0.05) is 6.07 Å². The molecule has 0 spiro atoms. The van der Waals surface area contributed by atoms with Gasteiger partial charge in [0.05, 0.1) is 11.9 Å². The molecular weight excluding hydrogens is 450 g/mol. The van der Waals surface area contributed by atoms with E-state index in [1.54, 1.807) is 18.2 Å². The highest BCUT2D eigenvalue weighted by atomic mass is 16.7. The molecule has 0 atom stereocenters. The van der Waals surface area contributed by atoms with E-state index in [1.165, 1.54) is 11.8 Å². The molecule has 35 heavy (non-hydrogen) atoms. The summed E-state index contributed by atoms with van der Waals surface area (Å²) in [4.78, 5) is 40.1. The second-order valence-corrected chi connectivity index (χ2v) is 8.78. The Morgan fingerprint density at radius 1 is 1.06 bits per heavy atom. The van der Waals surface area contributed by atoms with Crippen molar-refractivity contribution >= 4 is 11.8 Å². The number of amides is 2. The Bertz CT molecular complexity index is 1010. The van der Waals surface area contributed by atoms with Crippen LogP contribution in [0.4, 0.5) is 0 Å². The molecule has 2 aliphatic heterocycles. The maximum atomic E-state index is 13.0. The normalized spacial score (nSPS) is 15.3. The molecule has 0 radical (unpaired) electrons. The molecule has 3 heterocycles. The summed E-state index contributed by atoms with van der Waals surface area (Å²) in [7, 11) is 1.63. The van der Waals surface area contributed by atoms with Gasteiger partial charge in [-0.25, -0.2) is 4.98 Å². The molecule has 0 bridgehead atoms. The van der Waals surface area contributed by atoms with Crippen LogP contribution >= 0.6 is 0 Å². The summed E-state index contributed by atoms with van der Waals surface area (Å²) in [5, 5.41) is 0. The molecule has 2 aliphatic rings. The number of rotatable bonds is 10. The largest absolute Gasteiger partial charge is 0.454 e. The van der Waals surface area contributed by atoms with Crippen LogP contribution in [0.1, 0.15) is 34.6 Å². The average molecular weight is 484 g/mol. The second kappa shape index (κ2) is 11.9. The number of hydrogen-bond donors (Lipinski definition) is 0. The summed E-state index contributed by atoms with van der Waals surface area (Å²) in [5.41, 5.74) is 2.20. The van der Waals surface area contributed by atoms with Gasteiger partial charge in [0.25, 0.3) is 5.91 Å². The van der Waals surface area contributed by atoms with Crippen molar-refractivity contribution in [3.63, 3.8) is 0 Å². The molecule has 0 unspecified atom stereocenters. The first kappa shape index (κ1) is 24.9. The van der Waals surface area contributed by atoms with Crippen molar-refractivity contribution in [2.45, 2.75) is 26.3 Å². The molecule has 1 aromatic heterocycles. The van der Waals surface area contributed by atoms with Crippen molar-refractivity contribution in [2.24, 2.45) is 0 Å².